The van der Waals surface area contributed by atoms with Crippen molar-refractivity contribution in [3.63, 3.8) is 0 Å². The number of carbonyl (C=O) groups is 1. The molecular weight excluding hydrogens is 454 g/mol. The van der Waals surface area contributed by atoms with Gasteiger partial charge in [-0.05, 0) is 62.1 Å². The van der Waals surface area contributed by atoms with Gasteiger partial charge in [0.05, 0.1) is 0 Å². The molecule has 0 saturated carbocycles. The number of carbonyl (C=O) groups excluding carboxylic acids is 1. The quantitative estimate of drug-likeness (QED) is 0.551. The molecule has 0 atom stereocenters. The molecule has 0 aliphatic carbocycles. The summed E-state index contributed by atoms with van der Waals surface area (Å²) in [5.74, 6) is -0.165. The highest BCUT2D eigenvalue weighted by molar-refractivity contribution is 9.10. The second kappa shape index (κ2) is 8.71. The summed E-state index contributed by atoms with van der Waals surface area (Å²) in [4.78, 5) is 31.1. The molecule has 0 bridgehead atoms. The number of aryl methyl sites for hydroxylation is 1. The van der Waals surface area contributed by atoms with Crippen LogP contribution in [0.15, 0.2) is 57.8 Å². The largest absolute Gasteiger partial charge is 0.368 e. The third kappa shape index (κ3) is 4.30. The zero-order valence-electron chi connectivity index (χ0n) is 18.0. The number of hydrogen-bond acceptors (Lipinski definition) is 3. The van der Waals surface area contributed by atoms with Gasteiger partial charge in [0, 0.05) is 46.1 Å². The smallest absolute Gasteiger partial charge is 0.253 e. The number of aromatic nitrogens is 1. The van der Waals surface area contributed by atoms with E-state index in [-0.39, 0.29) is 18.0 Å². The summed E-state index contributed by atoms with van der Waals surface area (Å²) in [5.41, 5.74) is 5.80. The predicted octanol–water partition coefficient (Wildman–Crippen LogP) is 4.81. The predicted molar refractivity (Wildman–Crippen MR) is 129 cm³/mol. The van der Waals surface area contributed by atoms with E-state index < -0.39 is 0 Å². The Morgan fingerprint density at radius 2 is 1.94 bits per heavy atom. The average molecular weight is 480 g/mol. The first-order chi connectivity index (χ1) is 14.8. The van der Waals surface area contributed by atoms with Crippen LogP contribution in [0.3, 0.4) is 0 Å². The minimum absolute atomic E-state index is 0.161. The van der Waals surface area contributed by atoms with Crippen LogP contribution >= 0.6 is 15.9 Å². The van der Waals surface area contributed by atoms with Crippen LogP contribution < -0.4 is 15.8 Å². The molecule has 2 N–H and O–H groups in total. The number of hydrogen-bond donors (Lipinski definition) is 2. The van der Waals surface area contributed by atoms with E-state index in [1.165, 1.54) is 0 Å². The lowest BCUT2D eigenvalue weighted by molar-refractivity contribution is 0.0950. The lowest BCUT2D eigenvalue weighted by Gasteiger charge is -2.24. The summed E-state index contributed by atoms with van der Waals surface area (Å²) in [6, 6.07) is 16.1. The van der Waals surface area contributed by atoms with E-state index in [1.54, 1.807) is 0 Å². The highest BCUT2D eigenvalue weighted by Crippen LogP contribution is 2.35. The Kier molecular flexibility index (Phi) is 6.01. The summed E-state index contributed by atoms with van der Waals surface area (Å²) < 4.78 is 0.877. The molecule has 1 amide bonds. The fraction of sp³-hybridized carbons (Fsp3) is 0.280. The number of fused-ring (bicyclic) bond motifs is 1. The van der Waals surface area contributed by atoms with E-state index >= 15 is 0 Å². The topological polar surface area (TPSA) is 65.2 Å². The molecule has 0 fully saturated rings. The van der Waals surface area contributed by atoms with Crippen LogP contribution in [0.5, 0.6) is 0 Å². The van der Waals surface area contributed by atoms with Crippen molar-refractivity contribution in [3.8, 4) is 11.1 Å². The van der Waals surface area contributed by atoms with Gasteiger partial charge in [-0.15, -0.1) is 0 Å². The Morgan fingerprint density at radius 1 is 1.19 bits per heavy atom. The number of aromatic amines is 1. The molecule has 31 heavy (non-hydrogen) atoms. The van der Waals surface area contributed by atoms with Gasteiger partial charge < -0.3 is 15.2 Å². The molecule has 2 heterocycles. The summed E-state index contributed by atoms with van der Waals surface area (Å²) in [7, 11) is 0. The van der Waals surface area contributed by atoms with E-state index in [0.29, 0.717) is 17.2 Å². The van der Waals surface area contributed by atoms with Gasteiger partial charge in [0.25, 0.3) is 11.5 Å². The van der Waals surface area contributed by atoms with Crippen molar-refractivity contribution in [1.82, 2.24) is 10.3 Å². The molecule has 2 aromatic carbocycles. The number of nitrogens with one attached hydrogen (secondary N) is 2. The van der Waals surface area contributed by atoms with Crippen LogP contribution in [-0.4, -0.2) is 23.5 Å². The maximum absolute atomic E-state index is 13.2. The Balaban J connectivity index is 1.64. The number of nitrogens with zero attached hydrogens (tertiary/aromatic N) is 1. The van der Waals surface area contributed by atoms with Gasteiger partial charge in [0.2, 0.25) is 0 Å². The van der Waals surface area contributed by atoms with Crippen LogP contribution in [0.25, 0.3) is 11.1 Å². The van der Waals surface area contributed by atoms with Gasteiger partial charge in [-0.1, -0.05) is 46.3 Å². The van der Waals surface area contributed by atoms with Crippen LogP contribution in [0.4, 0.5) is 5.69 Å². The highest BCUT2D eigenvalue weighted by Gasteiger charge is 2.27. The maximum atomic E-state index is 13.2. The minimum atomic E-state index is -0.176. The zero-order valence-corrected chi connectivity index (χ0v) is 19.5. The second-order valence-corrected chi connectivity index (χ2v) is 9.13. The number of benzene rings is 2. The second-order valence-electron chi connectivity index (χ2n) is 8.21. The molecule has 0 unspecified atom stereocenters. The minimum Gasteiger partial charge on any atom is -0.368 e. The van der Waals surface area contributed by atoms with E-state index in [0.717, 1.165) is 45.5 Å². The molecule has 0 spiro atoms. The third-order valence-corrected chi connectivity index (χ3v) is 6.21. The molecular formula is C25H26BrN3O2. The number of anilines is 1. The van der Waals surface area contributed by atoms with Crippen LogP contribution in [0.2, 0.25) is 0 Å². The molecule has 3 aromatic rings. The van der Waals surface area contributed by atoms with Crippen molar-refractivity contribution in [2.45, 2.75) is 39.8 Å². The van der Waals surface area contributed by atoms with Gasteiger partial charge in [0.1, 0.15) is 0 Å². The third-order valence-electron chi connectivity index (χ3n) is 5.75. The summed E-state index contributed by atoms with van der Waals surface area (Å²) in [5, 5.41) is 2.99. The van der Waals surface area contributed by atoms with Crippen molar-refractivity contribution in [3.05, 3.63) is 85.7 Å². The monoisotopic (exact) mass is 479 g/mol. The van der Waals surface area contributed by atoms with Crippen LogP contribution in [-0.2, 0) is 13.0 Å². The fourth-order valence-electron chi connectivity index (χ4n) is 4.26. The highest BCUT2D eigenvalue weighted by atomic mass is 79.9. The first kappa shape index (κ1) is 21.4. The van der Waals surface area contributed by atoms with E-state index in [1.807, 2.05) is 49.4 Å². The molecule has 6 heteroatoms. The molecule has 5 nitrogen and oxygen atoms in total. The first-order valence-electron chi connectivity index (χ1n) is 10.5. The van der Waals surface area contributed by atoms with Crippen LogP contribution in [0.1, 0.15) is 41.0 Å². The van der Waals surface area contributed by atoms with Crippen molar-refractivity contribution >= 4 is 27.5 Å². The van der Waals surface area contributed by atoms with Gasteiger partial charge >= 0.3 is 0 Å². The van der Waals surface area contributed by atoms with Crippen molar-refractivity contribution in [2.24, 2.45) is 0 Å². The SMILES string of the molecule is Cc1cc(-c2ccccc2)c(CNC(=O)c2cc(Br)cc3c2CCN3C(C)C)c(=O)[nH]1. The van der Waals surface area contributed by atoms with E-state index in [4.69, 9.17) is 0 Å². The van der Waals surface area contributed by atoms with Crippen LogP contribution in [0, 0.1) is 6.92 Å². The normalized spacial score (nSPS) is 12.9. The molecule has 4 rings (SSSR count). The first-order valence-corrected chi connectivity index (χ1v) is 11.3. The lowest BCUT2D eigenvalue weighted by atomic mass is 10.00. The molecule has 1 aromatic heterocycles. The fourth-order valence-corrected chi connectivity index (χ4v) is 4.71. The van der Waals surface area contributed by atoms with E-state index in [9.17, 15) is 9.59 Å². The Morgan fingerprint density at radius 3 is 2.65 bits per heavy atom. The number of amides is 1. The standard InChI is InChI=1S/C25H26BrN3O2/c1-15(2)29-10-9-19-21(12-18(26)13-23(19)29)24(30)27-14-22-20(11-16(3)28-25(22)31)17-7-5-4-6-8-17/h4-8,11-13,15H,9-10,14H2,1-3H3,(H,27,30)(H,28,31). The number of H-pyrrole nitrogens is 1. The Hall–Kier alpha value is -2.86. The maximum Gasteiger partial charge on any atom is 0.253 e. The summed E-state index contributed by atoms with van der Waals surface area (Å²) in [6.45, 7) is 7.24. The Labute approximate surface area is 190 Å². The summed E-state index contributed by atoms with van der Waals surface area (Å²) >= 11 is 3.56. The van der Waals surface area contributed by atoms with E-state index in [2.05, 4.69) is 51.0 Å². The molecule has 1 aliphatic heterocycles. The lowest BCUT2D eigenvalue weighted by Crippen LogP contribution is -2.29. The zero-order chi connectivity index (χ0) is 22.1. The van der Waals surface area contributed by atoms with Crippen molar-refractivity contribution < 1.29 is 4.79 Å². The summed E-state index contributed by atoms with van der Waals surface area (Å²) in [6.07, 6.45) is 0.837. The van der Waals surface area contributed by atoms with Gasteiger partial charge in [0.15, 0.2) is 0 Å². The Bertz CT molecular complexity index is 1190. The molecule has 1 aliphatic rings. The van der Waals surface area contributed by atoms with Crippen molar-refractivity contribution in [2.75, 3.05) is 11.4 Å². The number of rotatable bonds is 5. The van der Waals surface area contributed by atoms with Gasteiger partial charge in [-0.3, -0.25) is 9.59 Å². The molecule has 0 radical (unpaired) electrons. The van der Waals surface area contributed by atoms with Crippen molar-refractivity contribution in [1.29, 1.82) is 0 Å². The average Bonchev–Trinajstić information content (AvgIpc) is 3.16. The number of pyridine rings is 1. The molecule has 160 valence electrons. The number of halogens is 1. The van der Waals surface area contributed by atoms with Gasteiger partial charge in [-0.25, -0.2) is 0 Å². The molecule has 0 saturated heterocycles. The van der Waals surface area contributed by atoms with Gasteiger partial charge in [-0.2, -0.15) is 0 Å².